The average Bonchev–Trinajstić information content (AvgIpc) is 2.14. The van der Waals surface area contributed by atoms with Crippen LogP contribution in [0.5, 0.6) is 0 Å². The quantitative estimate of drug-likeness (QED) is 0.839. The van der Waals surface area contributed by atoms with E-state index >= 15 is 0 Å². The van der Waals surface area contributed by atoms with Gasteiger partial charge in [0.05, 0.1) is 0 Å². The van der Waals surface area contributed by atoms with Gasteiger partial charge in [0.25, 0.3) is 0 Å². The molecule has 1 nitrogen and oxygen atoms in total. The fourth-order valence-electron chi connectivity index (χ4n) is 1.47. The molecular formula is C12H18Cl3N. The van der Waals surface area contributed by atoms with Crippen LogP contribution < -0.4 is 5.73 Å². The summed E-state index contributed by atoms with van der Waals surface area (Å²) in [6, 6.07) is 5.50. The van der Waals surface area contributed by atoms with Crippen molar-refractivity contribution in [1.82, 2.24) is 0 Å². The largest absolute Gasteiger partial charge is 0.324 e. The SMILES string of the molecule is CC(C)CC[C@@H](N)c1ccc(Cl)cc1Cl.Cl. The highest BCUT2D eigenvalue weighted by Crippen LogP contribution is 2.28. The van der Waals surface area contributed by atoms with Gasteiger partial charge in [0.15, 0.2) is 0 Å². The van der Waals surface area contributed by atoms with Gasteiger partial charge >= 0.3 is 0 Å². The van der Waals surface area contributed by atoms with E-state index in [1.165, 1.54) is 0 Å². The van der Waals surface area contributed by atoms with Crippen molar-refractivity contribution < 1.29 is 0 Å². The van der Waals surface area contributed by atoms with Crippen LogP contribution in [-0.2, 0) is 0 Å². The molecule has 92 valence electrons. The first kappa shape index (κ1) is 16.1. The van der Waals surface area contributed by atoms with Gasteiger partial charge in [-0.05, 0) is 36.5 Å². The second-order valence-electron chi connectivity index (χ2n) is 4.24. The van der Waals surface area contributed by atoms with Crippen LogP contribution in [0.3, 0.4) is 0 Å². The average molecular weight is 283 g/mol. The summed E-state index contributed by atoms with van der Waals surface area (Å²) >= 11 is 11.9. The van der Waals surface area contributed by atoms with Crippen molar-refractivity contribution >= 4 is 35.6 Å². The zero-order valence-electron chi connectivity index (χ0n) is 9.54. The Morgan fingerprint density at radius 1 is 1.19 bits per heavy atom. The third-order valence-corrected chi connectivity index (χ3v) is 2.98. The van der Waals surface area contributed by atoms with Crippen molar-refractivity contribution in [3.8, 4) is 0 Å². The second kappa shape index (κ2) is 7.39. The Morgan fingerprint density at radius 2 is 1.81 bits per heavy atom. The molecule has 0 aliphatic rings. The normalized spacial score (nSPS) is 12.4. The Kier molecular flexibility index (Phi) is 7.41. The standard InChI is InChI=1S/C12H17Cl2N.ClH/c1-8(2)3-6-12(15)10-5-4-9(13)7-11(10)14;/h4-5,7-8,12H,3,6,15H2,1-2H3;1H/t12-;/m1./s1. The molecule has 0 unspecified atom stereocenters. The maximum absolute atomic E-state index is 6.08. The molecular weight excluding hydrogens is 264 g/mol. The van der Waals surface area contributed by atoms with Gasteiger partial charge in [0, 0.05) is 16.1 Å². The van der Waals surface area contributed by atoms with Crippen LogP contribution >= 0.6 is 35.6 Å². The lowest BCUT2D eigenvalue weighted by Crippen LogP contribution is -2.11. The lowest BCUT2D eigenvalue weighted by molar-refractivity contribution is 0.507. The van der Waals surface area contributed by atoms with Crippen molar-refractivity contribution in [2.24, 2.45) is 11.7 Å². The Labute approximate surface area is 114 Å². The number of nitrogens with two attached hydrogens (primary N) is 1. The van der Waals surface area contributed by atoms with Gasteiger partial charge in [0.2, 0.25) is 0 Å². The minimum absolute atomic E-state index is 0. The number of benzene rings is 1. The van der Waals surface area contributed by atoms with E-state index in [-0.39, 0.29) is 18.4 Å². The number of hydrogen-bond donors (Lipinski definition) is 1. The zero-order valence-corrected chi connectivity index (χ0v) is 11.9. The molecule has 1 atom stereocenters. The van der Waals surface area contributed by atoms with Crippen LogP contribution in [0.4, 0.5) is 0 Å². The van der Waals surface area contributed by atoms with E-state index in [1.54, 1.807) is 6.07 Å². The molecule has 0 saturated heterocycles. The predicted octanol–water partition coefficient (Wildman–Crippen LogP) is 4.85. The van der Waals surface area contributed by atoms with E-state index in [0.29, 0.717) is 16.0 Å². The summed E-state index contributed by atoms with van der Waals surface area (Å²) in [5, 5.41) is 1.32. The van der Waals surface area contributed by atoms with Crippen LogP contribution in [0.1, 0.15) is 38.3 Å². The molecule has 1 aromatic carbocycles. The molecule has 0 heterocycles. The van der Waals surface area contributed by atoms with E-state index in [4.69, 9.17) is 28.9 Å². The fourth-order valence-corrected chi connectivity index (χ4v) is 2.02. The molecule has 1 rings (SSSR count). The molecule has 0 aliphatic carbocycles. The van der Waals surface area contributed by atoms with Gasteiger partial charge in [-0.25, -0.2) is 0 Å². The van der Waals surface area contributed by atoms with Crippen LogP contribution in [0, 0.1) is 5.92 Å². The highest BCUT2D eigenvalue weighted by molar-refractivity contribution is 6.35. The smallest absolute Gasteiger partial charge is 0.0468 e. The van der Waals surface area contributed by atoms with E-state index in [1.807, 2.05) is 12.1 Å². The molecule has 0 fully saturated rings. The van der Waals surface area contributed by atoms with Crippen LogP contribution in [0.15, 0.2) is 18.2 Å². The Balaban J connectivity index is 0.00000225. The molecule has 0 bridgehead atoms. The monoisotopic (exact) mass is 281 g/mol. The van der Waals surface area contributed by atoms with Crippen LogP contribution in [0.25, 0.3) is 0 Å². The Hall–Kier alpha value is 0.0500. The molecule has 0 aromatic heterocycles. The lowest BCUT2D eigenvalue weighted by Gasteiger charge is -2.15. The summed E-state index contributed by atoms with van der Waals surface area (Å²) in [6.45, 7) is 4.38. The van der Waals surface area contributed by atoms with E-state index < -0.39 is 0 Å². The van der Waals surface area contributed by atoms with Gasteiger partial charge in [0.1, 0.15) is 0 Å². The molecule has 4 heteroatoms. The highest BCUT2D eigenvalue weighted by atomic mass is 35.5. The first-order valence-electron chi connectivity index (χ1n) is 5.21. The van der Waals surface area contributed by atoms with Gasteiger partial charge in [-0.15, -0.1) is 12.4 Å². The second-order valence-corrected chi connectivity index (χ2v) is 5.09. The Bertz CT molecular complexity index is 326. The summed E-state index contributed by atoms with van der Waals surface area (Å²) in [5.74, 6) is 0.669. The highest BCUT2D eigenvalue weighted by Gasteiger charge is 2.10. The van der Waals surface area contributed by atoms with Crippen molar-refractivity contribution in [1.29, 1.82) is 0 Å². The summed E-state index contributed by atoms with van der Waals surface area (Å²) in [4.78, 5) is 0. The molecule has 16 heavy (non-hydrogen) atoms. The van der Waals surface area contributed by atoms with Crippen molar-refractivity contribution in [2.45, 2.75) is 32.7 Å². The predicted molar refractivity (Wildman–Crippen MR) is 74.7 cm³/mol. The lowest BCUT2D eigenvalue weighted by atomic mass is 9.98. The van der Waals surface area contributed by atoms with Crippen molar-refractivity contribution in [3.05, 3.63) is 33.8 Å². The fraction of sp³-hybridized carbons (Fsp3) is 0.500. The van der Waals surface area contributed by atoms with Crippen LogP contribution in [-0.4, -0.2) is 0 Å². The first-order chi connectivity index (χ1) is 7.00. The summed E-state index contributed by atoms with van der Waals surface area (Å²) < 4.78 is 0. The molecule has 0 radical (unpaired) electrons. The number of halogens is 3. The topological polar surface area (TPSA) is 26.0 Å². The summed E-state index contributed by atoms with van der Waals surface area (Å²) in [5.41, 5.74) is 7.05. The third kappa shape index (κ3) is 4.92. The minimum atomic E-state index is 0. The van der Waals surface area contributed by atoms with E-state index in [9.17, 15) is 0 Å². The molecule has 0 amide bonds. The molecule has 0 spiro atoms. The first-order valence-corrected chi connectivity index (χ1v) is 5.97. The van der Waals surface area contributed by atoms with Gasteiger partial charge in [-0.2, -0.15) is 0 Å². The van der Waals surface area contributed by atoms with Crippen molar-refractivity contribution in [3.63, 3.8) is 0 Å². The van der Waals surface area contributed by atoms with Gasteiger partial charge < -0.3 is 5.73 Å². The van der Waals surface area contributed by atoms with E-state index in [0.717, 1.165) is 18.4 Å². The zero-order chi connectivity index (χ0) is 11.4. The van der Waals surface area contributed by atoms with Gasteiger partial charge in [-0.1, -0.05) is 43.1 Å². The maximum Gasteiger partial charge on any atom is 0.0468 e. The molecule has 0 aliphatic heterocycles. The van der Waals surface area contributed by atoms with Gasteiger partial charge in [-0.3, -0.25) is 0 Å². The van der Waals surface area contributed by atoms with E-state index in [2.05, 4.69) is 13.8 Å². The maximum atomic E-state index is 6.08. The molecule has 1 aromatic rings. The summed E-state index contributed by atoms with van der Waals surface area (Å²) in [6.07, 6.45) is 2.07. The molecule has 2 N–H and O–H groups in total. The molecule has 0 saturated carbocycles. The van der Waals surface area contributed by atoms with Crippen molar-refractivity contribution in [2.75, 3.05) is 0 Å². The number of rotatable bonds is 4. The minimum Gasteiger partial charge on any atom is -0.324 e. The number of hydrogen-bond acceptors (Lipinski definition) is 1. The van der Waals surface area contributed by atoms with Crippen LogP contribution in [0.2, 0.25) is 10.0 Å². The Morgan fingerprint density at radius 3 is 2.31 bits per heavy atom. The summed E-state index contributed by atoms with van der Waals surface area (Å²) in [7, 11) is 0. The third-order valence-electron chi connectivity index (χ3n) is 2.42.